The molecular weight excluding hydrogens is 372 g/mol. The van der Waals surface area contributed by atoms with Crippen molar-refractivity contribution in [3.05, 3.63) is 52.9 Å². The smallest absolute Gasteiger partial charge is 0.254 e. The number of fused-ring (bicyclic) bond motifs is 1. The van der Waals surface area contributed by atoms with E-state index in [1.165, 1.54) is 0 Å². The molecule has 0 aliphatic carbocycles. The highest BCUT2D eigenvalue weighted by Gasteiger charge is 2.29. The number of carbonyl (C=O) groups excluding carboxylic acids is 1. The number of benzene rings is 1. The second-order valence-electron chi connectivity index (χ2n) is 5.70. The number of pyridine rings is 1. The molecule has 1 fully saturated rings. The number of aromatic amines is 1. The molecule has 1 atom stereocenters. The van der Waals surface area contributed by atoms with Gasteiger partial charge in [-0.15, -0.1) is 0 Å². The molecule has 24 heavy (non-hydrogen) atoms. The number of nitrogens with zero attached hydrogens (tertiary/aromatic N) is 3. The average molecular weight is 387 g/mol. The molecule has 1 amide bonds. The van der Waals surface area contributed by atoms with Crippen LogP contribution in [-0.4, -0.2) is 45.0 Å². The van der Waals surface area contributed by atoms with Crippen molar-refractivity contribution in [3.63, 3.8) is 0 Å². The van der Waals surface area contributed by atoms with Crippen LogP contribution in [0.4, 0.5) is 0 Å². The minimum absolute atomic E-state index is 0.0117. The van der Waals surface area contributed by atoms with Gasteiger partial charge in [-0.3, -0.25) is 4.79 Å². The van der Waals surface area contributed by atoms with Crippen molar-refractivity contribution in [2.24, 2.45) is 0 Å². The van der Waals surface area contributed by atoms with E-state index in [1.54, 1.807) is 12.5 Å². The van der Waals surface area contributed by atoms with Crippen LogP contribution in [0.5, 0.6) is 5.88 Å². The molecule has 3 aromatic rings. The van der Waals surface area contributed by atoms with E-state index in [1.807, 2.05) is 35.2 Å². The number of halogens is 1. The van der Waals surface area contributed by atoms with Gasteiger partial charge in [0.1, 0.15) is 6.10 Å². The van der Waals surface area contributed by atoms with Crippen LogP contribution in [0, 0.1) is 0 Å². The molecule has 1 aliphatic heterocycles. The third kappa shape index (κ3) is 2.87. The molecule has 122 valence electrons. The average Bonchev–Trinajstić information content (AvgIpc) is 3.24. The van der Waals surface area contributed by atoms with Gasteiger partial charge in [0.25, 0.3) is 5.91 Å². The Hall–Kier alpha value is -2.41. The standard InChI is InChI=1S/C17H15BrN4O2/c18-13-2-1-6-19-16(13)24-12-5-7-22(9-12)17(23)11-3-4-14-15(8-11)21-10-20-14/h1-4,6,8,10,12H,5,7,9H2,(H,20,21). The zero-order valence-corrected chi connectivity index (χ0v) is 14.4. The number of imidazole rings is 1. The Balaban J connectivity index is 1.46. The number of amides is 1. The summed E-state index contributed by atoms with van der Waals surface area (Å²) >= 11 is 3.43. The number of carbonyl (C=O) groups is 1. The van der Waals surface area contributed by atoms with Gasteiger partial charge in [0.05, 0.1) is 28.4 Å². The van der Waals surface area contributed by atoms with Gasteiger partial charge in [0.2, 0.25) is 5.88 Å². The fourth-order valence-electron chi connectivity index (χ4n) is 2.88. The highest BCUT2D eigenvalue weighted by Crippen LogP contribution is 2.25. The molecule has 1 saturated heterocycles. The molecule has 0 saturated carbocycles. The van der Waals surface area contributed by atoms with Crippen LogP contribution in [-0.2, 0) is 0 Å². The van der Waals surface area contributed by atoms with E-state index in [9.17, 15) is 4.79 Å². The quantitative estimate of drug-likeness (QED) is 0.750. The lowest BCUT2D eigenvalue weighted by Gasteiger charge is -2.17. The van der Waals surface area contributed by atoms with E-state index in [4.69, 9.17) is 4.74 Å². The number of ether oxygens (including phenoxy) is 1. The maximum atomic E-state index is 12.7. The van der Waals surface area contributed by atoms with Crippen LogP contribution in [0.3, 0.4) is 0 Å². The lowest BCUT2D eigenvalue weighted by Crippen LogP contribution is -2.31. The highest BCUT2D eigenvalue weighted by molar-refractivity contribution is 9.10. The van der Waals surface area contributed by atoms with Crippen molar-refractivity contribution in [1.29, 1.82) is 0 Å². The fraction of sp³-hybridized carbons (Fsp3) is 0.235. The predicted molar refractivity (Wildman–Crippen MR) is 93.0 cm³/mol. The number of hydrogen-bond acceptors (Lipinski definition) is 4. The lowest BCUT2D eigenvalue weighted by atomic mass is 10.2. The molecule has 3 heterocycles. The molecular formula is C17H15BrN4O2. The highest BCUT2D eigenvalue weighted by atomic mass is 79.9. The summed E-state index contributed by atoms with van der Waals surface area (Å²) in [6.45, 7) is 1.23. The van der Waals surface area contributed by atoms with E-state index in [2.05, 4.69) is 30.9 Å². The summed E-state index contributed by atoms with van der Waals surface area (Å²) in [7, 11) is 0. The number of nitrogens with one attached hydrogen (secondary N) is 1. The summed E-state index contributed by atoms with van der Waals surface area (Å²) in [5.41, 5.74) is 2.38. The molecule has 2 aromatic heterocycles. The largest absolute Gasteiger partial charge is 0.472 e. The molecule has 1 aromatic carbocycles. The molecule has 1 unspecified atom stereocenters. The van der Waals surface area contributed by atoms with Crippen LogP contribution < -0.4 is 4.74 Å². The predicted octanol–water partition coefficient (Wildman–Crippen LogP) is 3.01. The summed E-state index contributed by atoms with van der Waals surface area (Å²) in [5, 5.41) is 0. The summed E-state index contributed by atoms with van der Waals surface area (Å²) < 4.78 is 6.73. The first-order chi connectivity index (χ1) is 11.7. The Bertz CT molecular complexity index is 895. The molecule has 0 bridgehead atoms. The van der Waals surface area contributed by atoms with Crippen LogP contribution in [0.2, 0.25) is 0 Å². The monoisotopic (exact) mass is 386 g/mol. The van der Waals surface area contributed by atoms with E-state index < -0.39 is 0 Å². The van der Waals surface area contributed by atoms with Gasteiger partial charge in [-0.05, 0) is 46.3 Å². The summed E-state index contributed by atoms with van der Waals surface area (Å²) in [4.78, 5) is 25.9. The van der Waals surface area contributed by atoms with Gasteiger partial charge in [-0.2, -0.15) is 0 Å². The van der Waals surface area contributed by atoms with Gasteiger partial charge in [-0.25, -0.2) is 9.97 Å². The summed E-state index contributed by atoms with van der Waals surface area (Å²) in [5.74, 6) is 0.577. The van der Waals surface area contributed by atoms with Crippen LogP contribution >= 0.6 is 15.9 Å². The SMILES string of the molecule is O=C(c1ccc2nc[nH]c2c1)N1CCC(Oc2ncccc2Br)C1. The van der Waals surface area contributed by atoms with Crippen molar-refractivity contribution in [1.82, 2.24) is 19.9 Å². The Kier molecular flexibility index (Phi) is 3.93. The Morgan fingerprint density at radius 2 is 2.25 bits per heavy atom. The maximum absolute atomic E-state index is 12.7. The first kappa shape index (κ1) is 15.1. The Morgan fingerprint density at radius 3 is 3.12 bits per heavy atom. The van der Waals surface area contributed by atoms with E-state index in [-0.39, 0.29) is 12.0 Å². The number of hydrogen-bond donors (Lipinski definition) is 1. The van der Waals surface area contributed by atoms with Gasteiger partial charge in [-0.1, -0.05) is 0 Å². The van der Waals surface area contributed by atoms with Crippen LogP contribution in [0.25, 0.3) is 11.0 Å². The summed E-state index contributed by atoms with van der Waals surface area (Å²) in [6.07, 6.45) is 4.07. The van der Waals surface area contributed by atoms with Crippen molar-refractivity contribution < 1.29 is 9.53 Å². The summed E-state index contributed by atoms with van der Waals surface area (Å²) in [6, 6.07) is 9.24. The minimum atomic E-state index is -0.0453. The number of aromatic nitrogens is 3. The molecule has 6 nitrogen and oxygen atoms in total. The molecule has 0 spiro atoms. The molecule has 4 rings (SSSR count). The zero-order chi connectivity index (χ0) is 16.5. The Morgan fingerprint density at radius 1 is 1.33 bits per heavy atom. The van der Waals surface area contributed by atoms with E-state index >= 15 is 0 Å². The van der Waals surface area contributed by atoms with Crippen molar-refractivity contribution in [3.8, 4) is 5.88 Å². The van der Waals surface area contributed by atoms with Crippen molar-refractivity contribution >= 4 is 32.9 Å². The molecule has 0 radical (unpaired) electrons. The third-order valence-electron chi connectivity index (χ3n) is 4.10. The van der Waals surface area contributed by atoms with Crippen LogP contribution in [0.15, 0.2) is 47.3 Å². The number of likely N-dealkylation sites (tertiary alicyclic amines) is 1. The normalized spacial score (nSPS) is 17.4. The zero-order valence-electron chi connectivity index (χ0n) is 12.8. The molecule has 1 N–H and O–H groups in total. The van der Waals surface area contributed by atoms with Gasteiger partial charge in [0, 0.05) is 24.7 Å². The third-order valence-corrected chi connectivity index (χ3v) is 4.71. The first-order valence-corrected chi connectivity index (χ1v) is 8.49. The molecule has 7 heteroatoms. The second-order valence-corrected chi connectivity index (χ2v) is 6.56. The lowest BCUT2D eigenvalue weighted by molar-refractivity contribution is 0.0771. The van der Waals surface area contributed by atoms with Crippen molar-refractivity contribution in [2.75, 3.05) is 13.1 Å². The Labute approximate surface area is 147 Å². The van der Waals surface area contributed by atoms with E-state index in [0.717, 1.165) is 21.9 Å². The first-order valence-electron chi connectivity index (χ1n) is 7.70. The second kappa shape index (κ2) is 6.24. The number of rotatable bonds is 3. The number of H-pyrrole nitrogens is 1. The maximum Gasteiger partial charge on any atom is 0.254 e. The van der Waals surface area contributed by atoms with Crippen LogP contribution in [0.1, 0.15) is 16.8 Å². The minimum Gasteiger partial charge on any atom is -0.472 e. The van der Waals surface area contributed by atoms with Gasteiger partial charge in [0.15, 0.2) is 0 Å². The van der Waals surface area contributed by atoms with Gasteiger partial charge < -0.3 is 14.6 Å². The van der Waals surface area contributed by atoms with Gasteiger partial charge >= 0.3 is 0 Å². The fourth-order valence-corrected chi connectivity index (χ4v) is 3.22. The van der Waals surface area contributed by atoms with E-state index in [0.29, 0.717) is 24.5 Å². The topological polar surface area (TPSA) is 71.1 Å². The molecule has 1 aliphatic rings. The van der Waals surface area contributed by atoms with Crippen molar-refractivity contribution in [2.45, 2.75) is 12.5 Å².